The van der Waals surface area contributed by atoms with Crippen molar-refractivity contribution in [2.45, 2.75) is 37.1 Å². The van der Waals surface area contributed by atoms with Gasteiger partial charge >= 0.3 is 6.09 Å². The molecule has 0 atom stereocenters. The van der Waals surface area contributed by atoms with Crippen molar-refractivity contribution in [3.05, 3.63) is 60.2 Å². The summed E-state index contributed by atoms with van der Waals surface area (Å²) in [6.07, 6.45) is 2.93. The predicted octanol–water partition coefficient (Wildman–Crippen LogP) is 4.07. The molecule has 6 nitrogen and oxygen atoms in total. The van der Waals surface area contributed by atoms with Crippen LogP contribution in [0.15, 0.2) is 54.6 Å². The van der Waals surface area contributed by atoms with Crippen LogP contribution in [0.2, 0.25) is 0 Å². The molecule has 2 heterocycles. The quantitative estimate of drug-likeness (QED) is 0.831. The van der Waals surface area contributed by atoms with Gasteiger partial charge in [-0.15, -0.1) is 0 Å². The number of ether oxygens (including phenoxy) is 2. The highest BCUT2D eigenvalue weighted by atomic mass is 16.6. The van der Waals surface area contributed by atoms with Gasteiger partial charge in [0.15, 0.2) is 0 Å². The Balaban J connectivity index is 1.15. The lowest BCUT2D eigenvalue weighted by molar-refractivity contribution is -0.142. The first-order valence-corrected chi connectivity index (χ1v) is 10.7. The van der Waals surface area contributed by atoms with Crippen molar-refractivity contribution < 1.29 is 19.1 Å². The smallest absolute Gasteiger partial charge is 0.407 e. The third kappa shape index (κ3) is 3.74. The van der Waals surface area contributed by atoms with E-state index in [9.17, 15) is 9.59 Å². The molecule has 0 bridgehead atoms. The second-order valence-electron chi connectivity index (χ2n) is 8.67. The van der Waals surface area contributed by atoms with Gasteiger partial charge in [0.1, 0.15) is 18.1 Å². The molecule has 0 unspecified atom stereocenters. The summed E-state index contributed by atoms with van der Waals surface area (Å²) in [6, 6.07) is 18.1. The van der Waals surface area contributed by atoms with Gasteiger partial charge in [-0.2, -0.15) is 0 Å². The number of nitrogens with zero attached hydrogens (tertiary/aromatic N) is 1. The number of piperidine rings is 1. The highest BCUT2D eigenvalue weighted by Gasteiger charge is 2.53. The third-order valence-electron chi connectivity index (χ3n) is 6.59. The summed E-state index contributed by atoms with van der Waals surface area (Å²) in [7, 11) is 0. The maximum atomic E-state index is 12.9. The molecule has 2 aromatic carbocycles. The summed E-state index contributed by atoms with van der Waals surface area (Å²) in [5.41, 5.74) is 0.971. The lowest BCUT2D eigenvalue weighted by Gasteiger charge is -2.45. The molecule has 1 spiro atoms. The zero-order valence-corrected chi connectivity index (χ0v) is 16.9. The number of carbonyl (C=O) groups excluding carboxylic acids is 2. The fourth-order valence-electron chi connectivity index (χ4n) is 4.92. The van der Waals surface area contributed by atoms with E-state index >= 15 is 0 Å². The molecular weight excluding hydrogens is 380 g/mol. The minimum Gasteiger partial charge on any atom is -0.457 e. The first-order chi connectivity index (χ1) is 14.6. The van der Waals surface area contributed by atoms with Crippen LogP contribution < -0.4 is 10.1 Å². The number of benzene rings is 2. The molecule has 0 radical (unpaired) electrons. The van der Waals surface area contributed by atoms with E-state index in [0.717, 1.165) is 37.4 Å². The molecule has 1 saturated carbocycles. The summed E-state index contributed by atoms with van der Waals surface area (Å²) in [5, 5.41) is 2.86. The fraction of sp³-hybridized carbons (Fsp3) is 0.417. The van der Waals surface area contributed by atoms with Gasteiger partial charge in [0.25, 0.3) is 0 Å². The van der Waals surface area contributed by atoms with Crippen molar-refractivity contribution in [3.63, 3.8) is 0 Å². The van der Waals surface area contributed by atoms with E-state index in [1.54, 1.807) is 0 Å². The van der Waals surface area contributed by atoms with E-state index in [2.05, 4.69) is 17.4 Å². The highest BCUT2D eigenvalue weighted by Crippen LogP contribution is 2.42. The second-order valence-corrected chi connectivity index (χ2v) is 8.67. The van der Waals surface area contributed by atoms with Crippen LogP contribution in [0.1, 0.15) is 37.2 Å². The summed E-state index contributed by atoms with van der Waals surface area (Å²) < 4.78 is 11.0. The summed E-state index contributed by atoms with van der Waals surface area (Å²) >= 11 is 0. The zero-order valence-electron chi connectivity index (χ0n) is 16.9. The maximum Gasteiger partial charge on any atom is 0.407 e. The minimum atomic E-state index is -0.361. The van der Waals surface area contributed by atoms with Gasteiger partial charge in [0.05, 0.1) is 5.54 Å². The van der Waals surface area contributed by atoms with Gasteiger partial charge in [-0.3, -0.25) is 4.79 Å². The van der Waals surface area contributed by atoms with Gasteiger partial charge in [-0.05, 0) is 61.4 Å². The standard InChI is InChI=1S/C24H26N2O4/c27-22(19-14-24(15-19)16-29-23(28)25-24)26-11-9-17(10-12-26)18-5-4-8-21(13-18)30-20-6-2-1-3-7-20/h1-8,13,17,19H,9-12,14-16H2,(H,25,28). The SMILES string of the molecule is O=C1NC2(CO1)CC(C(=O)N1CCC(c3cccc(Oc4ccccc4)c3)CC1)C2. The molecule has 156 valence electrons. The molecule has 1 N–H and O–H groups in total. The first kappa shape index (κ1) is 19.0. The Morgan fingerprint density at radius 1 is 1.03 bits per heavy atom. The van der Waals surface area contributed by atoms with E-state index in [0.29, 0.717) is 25.4 Å². The van der Waals surface area contributed by atoms with Crippen molar-refractivity contribution in [1.82, 2.24) is 10.2 Å². The Morgan fingerprint density at radius 2 is 1.77 bits per heavy atom. The van der Waals surface area contributed by atoms with Crippen LogP contribution in [0.4, 0.5) is 4.79 Å². The van der Waals surface area contributed by atoms with Crippen LogP contribution >= 0.6 is 0 Å². The Hall–Kier alpha value is -3.02. The number of cyclic esters (lactones) is 1. The normalized spacial score (nSPS) is 26.1. The van der Waals surface area contributed by atoms with Crippen molar-refractivity contribution >= 4 is 12.0 Å². The number of hydrogen-bond donors (Lipinski definition) is 1. The van der Waals surface area contributed by atoms with Crippen molar-refractivity contribution in [2.75, 3.05) is 19.7 Å². The molecule has 1 aliphatic carbocycles. The van der Waals surface area contributed by atoms with E-state index in [1.165, 1.54) is 5.56 Å². The number of nitrogens with one attached hydrogen (secondary N) is 1. The number of alkyl carbamates (subject to hydrolysis) is 1. The molecule has 3 aliphatic rings. The largest absolute Gasteiger partial charge is 0.457 e. The lowest BCUT2D eigenvalue weighted by atomic mass is 9.68. The van der Waals surface area contributed by atoms with E-state index in [1.807, 2.05) is 47.4 Å². The van der Waals surface area contributed by atoms with Crippen LogP contribution in [0.25, 0.3) is 0 Å². The van der Waals surface area contributed by atoms with Gasteiger partial charge in [-0.1, -0.05) is 30.3 Å². The van der Waals surface area contributed by atoms with E-state index in [4.69, 9.17) is 9.47 Å². The number of rotatable bonds is 4. The van der Waals surface area contributed by atoms with Crippen molar-refractivity contribution in [1.29, 1.82) is 0 Å². The summed E-state index contributed by atoms with van der Waals surface area (Å²) in [6.45, 7) is 1.94. The molecular formula is C24H26N2O4. The minimum absolute atomic E-state index is 0.00569. The maximum absolute atomic E-state index is 12.9. The number of para-hydroxylation sites is 1. The van der Waals surface area contributed by atoms with E-state index < -0.39 is 0 Å². The molecule has 3 fully saturated rings. The Morgan fingerprint density at radius 3 is 2.47 bits per heavy atom. The van der Waals surface area contributed by atoms with Crippen LogP contribution in [0.5, 0.6) is 11.5 Å². The van der Waals surface area contributed by atoms with Gasteiger partial charge in [-0.25, -0.2) is 4.79 Å². The van der Waals surface area contributed by atoms with Crippen LogP contribution in [-0.4, -0.2) is 42.1 Å². The number of carbonyl (C=O) groups is 2. The average molecular weight is 406 g/mol. The van der Waals surface area contributed by atoms with Crippen LogP contribution in [0, 0.1) is 5.92 Å². The summed E-state index contributed by atoms with van der Waals surface area (Å²) in [4.78, 5) is 26.1. The molecule has 30 heavy (non-hydrogen) atoms. The Bertz CT molecular complexity index is 931. The summed E-state index contributed by atoms with van der Waals surface area (Å²) in [5.74, 6) is 2.34. The van der Waals surface area contributed by atoms with Gasteiger partial charge < -0.3 is 19.7 Å². The molecule has 2 aromatic rings. The Labute approximate surface area is 176 Å². The highest BCUT2D eigenvalue weighted by molar-refractivity contribution is 5.81. The van der Waals surface area contributed by atoms with Crippen LogP contribution in [0.3, 0.4) is 0 Å². The average Bonchev–Trinajstić information content (AvgIpc) is 3.15. The zero-order chi connectivity index (χ0) is 20.6. The van der Waals surface area contributed by atoms with Gasteiger partial charge in [0, 0.05) is 19.0 Å². The molecule has 0 aromatic heterocycles. The number of amides is 2. The predicted molar refractivity (Wildman–Crippen MR) is 111 cm³/mol. The first-order valence-electron chi connectivity index (χ1n) is 10.7. The monoisotopic (exact) mass is 406 g/mol. The number of likely N-dealkylation sites (tertiary alicyclic amines) is 1. The van der Waals surface area contributed by atoms with Crippen molar-refractivity contribution in [3.8, 4) is 11.5 Å². The molecule has 2 amide bonds. The molecule has 2 aliphatic heterocycles. The lowest BCUT2D eigenvalue weighted by Crippen LogP contribution is -2.58. The molecule has 6 heteroatoms. The molecule has 2 saturated heterocycles. The van der Waals surface area contributed by atoms with Crippen LogP contribution in [-0.2, 0) is 9.53 Å². The molecule has 5 rings (SSSR count). The second kappa shape index (κ2) is 7.67. The van der Waals surface area contributed by atoms with E-state index in [-0.39, 0.29) is 23.5 Å². The topological polar surface area (TPSA) is 67.9 Å². The van der Waals surface area contributed by atoms with Gasteiger partial charge in [0.2, 0.25) is 5.91 Å². The fourth-order valence-corrected chi connectivity index (χ4v) is 4.92. The Kier molecular flexibility index (Phi) is 4.85. The third-order valence-corrected chi connectivity index (χ3v) is 6.59. The van der Waals surface area contributed by atoms with Crippen molar-refractivity contribution in [2.24, 2.45) is 5.92 Å². The number of hydrogen-bond acceptors (Lipinski definition) is 4.